The van der Waals surface area contributed by atoms with Crippen LogP contribution in [0.25, 0.3) is 0 Å². The summed E-state index contributed by atoms with van der Waals surface area (Å²) in [5.74, 6) is 0.343. The van der Waals surface area contributed by atoms with E-state index < -0.39 is 0 Å². The molecule has 0 amide bonds. The largest absolute Gasteiger partial charge is 0.462 e. The standard InChI is InChI=1S/C18H26N2O2/c1-15(19)14-18(21)22-13-5-10-20-11-8-17(9-12-20)16-6-3-2-4-7-16/h2-4,6-7,14,17H,5,8-13,19H2,1H3/b15-14-. The molecule has 0 atom stereocenters. The Morgan fingerprint density at radius 3 is 2.64 bits per heavy atom. The van der Waals surface area contributed by atoms with Crippen LogP contribution in [0.15, 0.2) is 42.1 Å². The summed E-state index contributed by atoms with van der Waals surface area (Å²) in [4.78, 5) is 13.8. The molecule has 1 aliphatic rings. The van der Waals surface area contributed by atoms with Gasteiger partial charge >= 0.3 is 5.97 Å². The normalized spacial score (nSPS) is 17.4. The van der Waals surface area contributed by atoms with Crippen molar-refractivity contribution in [2.45, 2.75) is 32.1 Å². The summed E-state index contributed by atoms with van der Waals surface area (Å²) in [6.45, 7) is 5.37. The monoisotopic (exact) mass is 302 g/mol. The van der Waals surface area contributed by atoms with Gasteiger partial charge in [0.05, 0.1) is 6.61 Å². The number of likely N-dealkylation sites (tertiary alicyclic amines) is 1. The highest BCUT2D eigenvalue weighted by atomic mass is 16.5. The number of benzene rings is 1. The van der Waals surface area contributed by atoms with E-state index in [1.54, 1.807) is 6.92 Å². The van der Waals surface area contributed by atoms with Crippen LogP contribution in [-0.2, 0) is 9.53 Å². The van der Waals surface area contributed by atoms with Crippen molar-refractivity contribution in [3.63, 3.8) is 0 Å². The quantitative estimate of drug-likeness (QED) is 0.499. The van der Waals surface area contributed by atoms with Crippen LogP contribution in [0.1, 0.15) is 37.7 Å². The molecule has 0 saturated carbocycles. The van der Waals surface area contributed by atoms with Crippen LogP contribution < -0.4 is 5.73 Å². The minimum atomic E-state index is -0.345. The number of nitrogens with zero attached hydrogens (tertiary/aromatic N) is 1. The van der Waals surface area contributed by atoms with Crippen molar-refractivity contribution in [1.29, 1.82) is 0 Å². The second-order valence-electron chi connectivity index (χ2n) is 5.94. The minimum Gasteiger partial charge on any atom is -0.462 e. The molecule has 0 radical (unpaired) electrons. The van der Waals surface area contributed by atoms with Crippen LogP contribution >= 0.6 is 0 Å². The van der Waals surface area contributed by atoms with Crippen molar-refractivity contribution >= 4 is 5.97 Å². The van der Waals surface area contributed by atoms with Gasteiger partial charge in [-0.3, -0.25) is 0 Å². The molecule has 1 aliphatic heterocycles. The number of rotatable bonds is 6. The summed E-state index contributed by atoms with van der Waals surface area (Å²) in [6.07, 6.45) is 4.61. The third kappa shape index (κ3) is 5.53. The van der Waals surface area contributed by atoms with Gasteiger partial charge in [-0.05, 0) is 50.8 Å². The first-order chi connectivity index (χ1) is 10.6. The summed E-state index contributed by atoms with van der Waals surface area (Å²) in [5.41, 5.74) is 7.37. The Morgan fingerprint density at radius 2 is 2.00 bits per heavy atom. The SMILES string of the molecule is C/C(N)=C/C(=O)OCCCN1CCC(c2ccccc2)CC1. The summed E-state index contributed by atoms with van der Waals surface area (Å²) in [7, 11) is 0. The lowest BCUT2D eigenvalue weighted by molar-refractivity contribution is -0.138. The average molecular weight is 302 g/mol. The zero-order valence-electron chi connectivity index (χ0n) is 13.3. The van der Waals surface area contributed by atoms with E-state index in [0.717, 1.165) is 26.1 Å². The Kier molecular flexibility index (Phi) is 6.46. The number of hydrogen-bond acceptors (Lipinski definition) is 4. The predicted molar refractivity (Wildman–Crippen MR) is 88.4 cm³/mol. The highest BCUT2D eigenvalue weighted by Crippen LogP contribution is 2.27. The molecule has 2 rings (SSSR count). The molecule has 2 N–H and O–H groups in total. The highest BCUT2D eigenvalue weighted by Gasteiger charge is 2.19. The molecule has 0 aliphatic carbocycles. The number of carbonyl (C=O) groups excluding carboxylic acids is 1. The van der Waals surface area contributed by atoms with Crippen molar-refractivity contribution in [3.05, 3.63) is 47.7 Å². The van der Waals surface area contributed by atoms with Crippen molar-refractivity contribution in [2.24, 2.45) is 5.73 Å². The second kappa shape index (κ2) is 8.59. The van der Waals surface area contributed by atoms with Gasteiger partial charge in [-0.25, -0.2) is 4.79 Å². The lowest BCUT2D eigenvalue weighted by atomic mass is 9.89. The third-order valence-electron chi connectivity index (χ3n) is 4.07. The van der Waals surface area contributed by atoms with Gasteiger partial charge in [-0.2, -0.15) is 0 Å². The molecular formula is C18H26N2O2. The number of ether oxygens (including phenoxy) is 1. The lowest BCUT2D eigenvalue weighted by Gasteiger charge is -2.32. The molecule has 0 bridgehead atoms. The summed E-state index contributed by atoms with van der Waals surface area (Å²) in [5, 5.41) is 0. The lowest BCUT2D eigenvalue weighted by Crippen LogP contribution is -2.34. The van der Waals surface area contributed by atoms with Gasteiger partial charge in [0.25, 0.3) is 0 Å². The van der Waals surface area contributed by atoms with Crippen LogP contribution in [0.3, 0.4) is 0 Å². The molecule has 4 nitrogen and oxygen atoms in total. The fraction of sp³-hybridized carbons (Fsp3) is 0.500. The molecular weight excluding hydrogens is 276 g/mol. The Hall–Kier alpha value is -1.81. The van der Waals surface area contributed by atoms with Crippen LogP contribution in [0, 0.1) is 0 Å². The third-order valence-corrected chi connectivity index (χ3v) is 4.07. The second-order valence-corrected chi connectivity index (χ2v) is 5.94. The fourth-order valence-electron chi connectivity index (χ4n) is 2.90. The van der Waals surface area contributed by atoms with E-state index in [0.29, 0.717) is 18.2 Å². The van der Waals surface area contributed by atoms with Crippen LogP contribution in [0.4, 0.5) is 0 Å². The van der Waals surface area contributed by atoms with Crippen molar-refractivity contribution < 1.29 is 9.53 Å². The van der Waals surface area contributed by atoms with Gasteiger partial charge < -0.3 is 15.4 Å². The molecule has 22 heavy (non-hydrogen) atoms. The maximum atomic E-state index is 11.3. The molecule has 1 fully saturated rings. The molecule has 0 unspecified atom stereocenters. The maximum Gasteiger partial charge on any atom is 0.332 e. The summed E-state index contributed by atoms with van der Waals surface area (Å²) in [6, 6.07) is 10.8. The summed E-state index contributed by atoms with van der Waals surface area (Å²) < 4.78 is 5.11. The molecule has 1 aromatic rings. The zero-order chi connectivity index (χ0) is 15.8. The van der Waals surface area contributed by atoms with E-state index in [1.807, 2.05) is 0 Å². The molecule has 120 valence electrons. The number of allylic oxidation sites excluding steroid dienone is 1. The highest BCUT2D eigenvalue weighted by molar-refractivity contribution is 5.82. The summed E-state index contributed by atoms with van der Waals surface area (Å²) >= 11 is 0. The molecule has 1 heterocycles. The van der Waals surface area contributed by atoms with E-state index >= 15 is 0 Å². The number of hydrogen-bond donors (Lipinski definition) is 1. The van der Waals surface area contributed by atoms with E-state index in [1.165, 1.54) is 24.5 Å². The topological polar surface area (TPSA) is 55.6 Å². The zero-order valence-corrected chi connectivity index (χ0v) is 13.3. The van der Waals surface area contributed by atoms with Crippen LogP contribution in [0.2, 0.25) is 0 Å². The molecule has 1 aromatic carbocycles. The van der Waals surface area contributed by atoms with Gasteiger partial charge in [0.2, 0.25) is 0 Å². The van der Waals surface area contributed by atoms with Gasteiger partial charge in [0.15, 0.2) is 0 Å². The fourth-order valence-corrected chi connectivity index (χ4v) is 2.90. The molecule has 1 saturated heterocycles. The first kappa shape index (κ1) is 16.6. The van der Waals surface area contributed by atoms with Crippen LogP contribution in [-0.4, -0.2) is 37.1 Å². The average Bonchev–Trinajstić information content (AvgIpc) is 2.52. The van der Waals surface area contributed by atoms with Crippen molar-refractivity contribution in [2.75, 3.05) is 26.2 Å². The van der Waals surface area contributed by atoms with Crippen molar-refractivity contribution in [3.8, 4) is 0 Å². The Labute approximate surface area is 132 Å². The Balaban J connectivity index is 1.62. The first-order valence-corrected chi connectivity index (χ1v) is 8.03. The Morgan fingerprint density at radius 1 is 1.32 bits per heavy atom. The molecule has 4 heteroatoms. The Bertz CT molecular complexity index is 487. The first-order valence-electron chi connectivity index (χ1n) is 8.03. The van der Waals surface area contributed by atoms with E-state index in [2.05, 4.69) is 35.2 Å². The van der Waals surface area contributed by atoms with Gasteiger partial charge in [0, 0.05) is 18.3 Å². The predicted octanol–water partition coefficient (Wildman–Crippen LogP) is 2.66. The number of piperidine rings is 1. The smallest absolute Gasteiger partial charge is 0.332 e. The number of nitrogens with two attached hydrogens (primary N) is 1. The van der Waals surface area contributed by atoms with Gasteiger partial charge in [-0.1, -0.05) is 30.3 Å². The molecule has 0 spiro atoms. The van der Waals surface area contributed by atoms with Gasteiger partial charge in [-0.15, -0.1) is 0 Å². The van der Waals surface area contributed by atoms with E-state index in [4.69, 9.17) is 10.5 Å². The number of esters is 1. The molecule has 0 aromatic heterocycles. The van der Waals surface area contributed by atoms with Crippen LogP contribution in [0.5, 0.6) is 0 Å². The number of carbonyl (C=O) groups is 1. The van der Waals surface area contributed by atoms with E-state index in [-0.39, 0.29) is 5.97 Å². The van der Waals surface area contributed by atoms with Gasteiger partial charge in [0.1, 0.15) is 0 Å². The van der Waals surface area contributed by atoms with E-state index in [9.17, 15) is 4.79 Å². The minimum absolute atomic E-state index is 0.345. The van der Waals surface area contributed by atoms with Crippen molar-refractivity contribution in [1.82, 2.24) is 4.90 Å². The maximum absolute atomic E-state index is 11.3.